The van der Waals surface area contributed by atoms with E-state index < -0.39 is 5.97 Å². The summed E-state index contributed by atoms with van der Waals surface area (Å²) >= 11 is 1.25. The molecule has 134 valence electrons. The van der Waals surface area contributed by atoms with E-state index in [1.807, 2.05) is 18.2 Å². The highest BCUT2D eigenvalue weighted by Gasteiger charge is 2.13. The molecule has 1 aromatic heterocycles. The van der Waals surface area contributed by atoms with E-state index in [0.717, 1.165) is 30.0 Å². The predicted molar refractivity (Wildman–Crippen MR) is 103 cm³/mol. The highest BCUT2D eigenvalue weighted by atomic mass is 32.1. The van der Waals surface area contributed by atoms with Gasteiger partial charge in [0, 0.05) is 17.2 Å². The third-order valence-electron chi connectivity index (χ3n) is 4.17. The monoisotopic (exact) mass is 369 g/mol. The summed E-state index contributed by atoms with van der Waals surface area (Å²) in [5.74, 6) is -0.945. The number of aromatic hydroxyl groups is 1. The Hall–Kier alpha value is -2.86. The lowest BCUT2D eigenvalue weighted by atomic mass is 10.0. The molecule has 0 atom stereocenters. The lowest BCUT2D eigenvalue weighted by molar-refractivity contribution is -0.116. The smallest absolute Gasteiger partial charge is 0.338 e. The van der Waals surface area contributed by atoms with E-state index >= 15 is 0 Å². The molecule has 26 heavy (non-hydrogen) atoms. The largest absolute Gasteiger partial charge is 0.508 e. The van der Waals surface area contributed by atoms with Crippen LogP contribution in [0.5, 0.6) is 5.75 Å². The molecule has 0 spiro atoms. The molecule has 0 aliphatic carbocycles. The molecule has 0 aliphatic rings. The molecule has 1 amide bonds. The Morgan fingerprint density at radius 2 is 1.77 bits per heavy atom. The molecule has 0 unspecified atom stereocenters. The van der Waals surface area contributed by atoms with E-state index in [1.165, 1.54) is 22.3 Å². The lowest BCUT2D eigenvalue weighted by Crippen LogP contribution is -2.13. The van der Waals surface area contributed by atoms with Crippen molar-refractivity contribution in [2.24, 2.45) is 0 Å². The van der Waals surface area contributed by atoms with E-state index in [2.05, 4.69) is 11.4 Å². The van der Waals surface area contributed by atoms with Crippen LogP contribution in [-0.2, 0) is 11.2 Å². The third-order valence-corrected chi connectivity index (χ3v) is 4.92. The van der Waals surface area contributed by atoms with Crippen molar-refractivity contribution in [1.82, 2.24) is 0 Å². The number of carbonyl (C=O) groups is 2. The van der Waals surface area contributed by atoms with Crippen molar-refractivity contribution in [2.45, 2.75) is 25.7 Å². The number of amides is 1. The average molecular weight is 369 g/mol. The number of rotatable bonds is 7. The number of thiophene rings is 1. The average Bonchev–Trinajstić information content (AvgIpc) is 3.07. The molecule has 3 N–H and O–H groups in total. The zero-order valence-corrected chi connectivity index (χ0v) is 14.9. The summed E-state index contributed by atoms with van der Waals surface area (Å²) in [4.78, 5) is 23.0. The normalized spacial score (nSPS) is 10.8. The Bertz CT molecular complexity index is 948. The zero-order chi connectivity index (χ0) is 18.5. The fourth-order valence-electron chi connectivity index (χ4n) is 2.82. The van der Waals surface area contributed by atoms with Crippen molar-refractivity contribution < 1.29 is 19.8 Å². The number of phenolic OH excluding ortho intramolecular Hbond substituents is 1. The van der Waals surface area contributed by atoms with Gasteiger partial charge in [-0.05, 0) is 47.7 Å². The summed E-state index contributed by atoms with van der Waals surface area (Å²) in [6.45, 7) is 0. The Labute approximate surface area is 154 Å². The van der Waals surface area contributed by atoms with Gasteiger partial charge in [0.05, 0.1) is 11.3 Å². The second kappa shape index (κ2) is 8.01. The second-order valence-electron chi connectivity index (χ2n) is 6.13. The minimum Gasteiger partial charge on any atom is -0.508 e. The van der Waals surface area contributed by atoms with Gasteiger partial charge in [0.2, 0.25) is 5.91 Å². The first-order chi connectivity index (χ1) is 12.5. The fraction of sp³-hybridized carbons (Fsp3) is 0.200. The predicted octanol–water partition coefficient (Wildman–Crippen LogP) is 4.66. The standard InChI is InChI=1S/C20H19NO4S/c22-16-8-7-14-9-13(5-6-15(14)10-16)3-1-2-4-19(23)21-18-12-26-11-17(18)20(24)25/h5-12,22H,1-4H2,(H,21,23)(H,24,25). The van der Waals surface area contributed by atoms with Crippen LogP contribution < -0.4 is 5.32 Å². The highest BCUT2D eigenvalue weighted by Crippen LogP contribution is 2.23. The number of hydrogen-bond acceptors (Lipinski definition) is 4. The highest BCUT2D eigenvalue weighted by molar-refractivity contribution is 7.08. The SMILES string of the molecule is O=C(CCCCc1ccc2cc(O)ccc2c1)Nc1cscc1C(=O)O. The Balaban J connectivity index is 1.48. The van der Waals surface area contributed by atoms with Gasteiger partial charge in [-0.25, -0.2) is 4.79 Å². The van der Waals surface area contributed by atoms with Crippen molar-refractivity contribution in [1.29, 1.82) is 0 Å². The van der Waals surface area contributed by atoms with Crippen LogP contribution >= 0.6 is 11.3 Å². The van der Waals surface area contributed by atoms with Gasteiger partial charge in [-0.2, -0.15) is 0 Å². The molecule has 0 aliphatic heterocycles. The molecule has 0 fully saturated rings. The van der Waals surface area contributed by atoms with Crippen molar-refractivity contribution in [2.75, 3.05) is 5.32 Å². The van der Waals surface area contributed by atoms with Crippen LogP contribution in [0.2, 0.25) is 0 Å². The first-order valence-electron chi connectivity index (χ1n) is 8.34. The molecule has 3 aromatic rings. The van der Waals surface area contributed by atoms with Crippen molar-refractivity contribution in [3.05, 3.63) is 58.3 Å². The van der Waals surface area contributed by atoms with Crippen molar-refractivity contribution in [3.63, 3.8) is 0 Å². The summed E-state index contributed by atoms with van der Waals surface area (Å²) in [5, 5.41) is 26.4. The number of carbonyl (C=O) groups excluding carboxylic acids is 1. The molecule has 0 saturated heterocycles. The summed E-state index contributed by atoms with van der Waals surface area (Å²) in [6.07, 6.45) is 2.82. The second-order valence-corrected chi connectivity index (χ2v) is 6.87. The third kappa shape index (κ3) is 4.40. The number of aromatic carboxylic acids is 1. The number of benzene rings is 2. The molecule has 0 saturated carbocycles. The Morgan fingerprint density at radius 1 is 1.00 bits per heavy atom. The minimum atomic E-state index is -1.04. The number of fused-ring (bicyclic) bond motifs is 1. The number of anilines is 1. The van der Waals surface area contributed by atoms with Crippen molar-refractivity contribution in [3.8, 4) is 5.75 Å². The maximum Gasteiger partial charge on any atom is 0.338 e. The van der Waals surface area contributed by atoms with Crippen LogP contribution in [0.25, 0.3) is 10.8 Å². The molecule has 5 nitrogen and oxygen atoms in total. The van der Waals surface area contributed by atoms with E-state index in [-0.39, 0.29) is 17.2 Å². The fourth-order valence-corrected chi connectivity index (χ4v) is 3.58. The summed E-state index contributed by atoms with van der Waals surface area (Å²) in [5.41, 5.74) is 1.69. The van der Waals surface area contributed by atoms with Crippen LogP contribution in [-0.4, -0.2) is 22.1 Å². The quantitative estimate of drug-likeness (QED) is 0.529. The van der Waals surface area contributed by atoms with Crippen molar-refractivity contribution >= 4 is 39.7 Å². The van der Waals surface area contributed by atoms with E-state index in [0.29, 0.717) is 12.1 Å². The van der Waals surface area contributed by atoms with Gasteiger partial charge in [-0.1, -0.05) is 24.3 Å². The number of carboxylic acid groups (broad SMARTS) is 1. The van der Waals surface area contributed by atoms with Gasteiger partial charge in [-0.3, -0.25) is 4.79 Å². The maximum absolute atomic E-state index is 12.0. The summed E-state index contributed by atoms with van der Waals surface area (Å²) in [6, 6.07) is 11.4. The van der Waals surface area contributed by atoms with Gasteiger partial charge in [0.1, 0.15) is 5.75 Å². The topological polar surface area (TPSA) is 86.6 Å². The van der Waals surface area contributed by atoms with Gasteiger partial charge in [-0.15, -0.1) is 11.3 Å². The molecule has 1 heterocycles. The summed E-state index contributed by atoms with van der Waals surface area (Å²) in [7, 11) is 0. The maximum atomic E-state index is 12.0. The van der Waals surface area contributed by atoms with Gasteiger partial charge in [0.15, 0.2) is 0 Å². The van der Waals surface area contributed by atoms with Gasteiger partial charge >= 0.3 is 5.97 Å². The summed E-state index contributed by atoms with van der Waals surface area (Å²) < 4.78 is 0. The number of carboxylic acids is 1. The Kier molecular flexibility index (Phi) is 5.53. The van der Waals surface area contributed by atoms with Crippen LogP contribution in [0, 0.1) is 0 Å². The van der Waals surface area contributed by atoms with E-state index in [9.17, 15) is 14.7 Å². The lowest BCUT2D eigenvalue weighted by Gasteiger charge is -2.06. The molecular formula is C20H19NO4S. The molecule has 3 rings (SSSR count). The number of aryl methyl sites for hydroxylation is 1. The minimum absolute atomic E-state index is 0.130. The number of nitrogens with one attached hydrogen (secondary N) is 1. The van der Waals surface area contributed by atoms with Gasteiger partial charge in [0.25, 0.3) is 0 Å². The number of phenols is 1. The molecule has 2 aromatic carbocycles. The zero-order valence-electron chi connectivity index (χ0n) is 14.1. The van der Waals surface area contributed by atoms with Gasteiger partial charge < -0.3 is 15.5 Å². The van der Waals surface area contributed by atoms with Crippen LogP contribution in [0.3, 0.4) is 0 Å². The molecule has 0 bridgehead atoms. The molecule has 6 heteroatoms. The number of unbranched alkanes of at least 4 members (excludes halogenated alkanes) is 1. The van der Waals surface area contributed by atoms with E-state index in [1.54, 1.807) is 17.5 Å². The Morgan fingerprint density at radius 3 is 2.58 bits per heavy atom. The van der Waals surface area contributed by atoms with Crippen LogP contribution in [0.4, 0.5) is 5.69 Å². The molecular weight excluding hydrogens is 350 g/mol. The first-order valence-corrected chi connectivity index (χ1v) is 9.28. The van der Waals surface area contributed by atoms with E-state index in [4.69, 9.17) is 5.11 Å². The van der Waals surface area contributed by atoms with Crippen LogP contribution in [0.15, 0.2) is 47.2 Å². The number of hydrogen-bond donors (Lipinski definition) is 3. The first kappa shape index (κ1) is 17.9. The van der Waals surface area contributed by atoms with Crippen LogP contribution in [0.1, 0.15) is 35.2 Å². The molecule has 0 radical (unpaired) electrons.